The molecule has 51 heavy (non-hydrogen) atoms. The fourth-order valence-electron chi connectivity index (χ4n) is 8.38. The zero-order valence-corrected chi connectivity index (χ0v) is 28.9. The van der Waals surface area contributed by atoms with Crippen LogP contribution in [-0.2, 0) is 37.8 Å². The molecule has 8 rings (SSSR count). The zero-order chi connectivity index (χ0) is 35.7. The molecular weight excluding hydrogens is 651 g/mol. The molecule has 12 heteroatoms. The zero-order valence-electron chi connectivity index (χ0n) is 28.9. The van der Waals surface area contributed by atoms with Gasteiger partial charge in [-0.15, -0.1) is 5.10 Å². The largest absolute Gasteiger partial charge is 0.382 e. The first-order chi connectivity index (χ1) is 24.5. The Morgan fingerprint density at radius 2 is 1.63 bits per heavy atom. The number of carbonyl (C=O) groups is 3. The monoisotopic (exact) mass is 692 g/mol. The summed E-state index contributed by atoms with van der Waals surface area (Å²) in [6.45, 7) is 6.81. The lowest BCUT2D eigenvalue weighted by Gasteiger charge is -2.33. The Balaban J connectivity index is 1.10. The third kappa shape index (κ3) is 5.52. The molecule has 4 aliphatic rings. The van der Waals surface area contributed by atoms with E-state index in [4.69, 9.17) is 4.74 Å². The number of aromatic nitrogens is 3. The van der Waals surface area contributed by atoms with Crippen LogP contribution in [0.15, 0.2) is 79.0 Å². The van der Waals surface area contributed by atoms with Crippen LogP contribution < -0.4 is 14.7 Å². The molecule has 0 saturated carbocycles. The van der Waals surface area contributed by atoms with E-state index in [0.717, 1.165) is 11.3 Å². The average Bonchev–Trinajstić information content (AvgIpc) is 3.77. The summed E-state index contributed by atoms with van der Waals surface area (Å²) >= 11 is 0. The summed E-state index contributed by atoms with van der Waals surface area (Å²) in [5.74, 6) is -1.39. The lowest BCUT2D eigenvalue weighted by Crippen LogP contribution is -2.46. The van der Waals surface area contributed by atoms with Gasteiger partial charge in [-0.3, -0.25) is 19.1 Å². The maximum atomic E-state index is 16.3. The van der Waals surface area contributed by atoms with Crippen LogP contribution in [0.2, 0.25) is 0 Å². The van der Waals surface area contributed by atoms with Crippen molar-refractivity contribution >= 4 is 34.8 Å². The van der Waals surface area contributed by atoms with E-state index < -0.39 is 35.3 Å². The van der Waals surface area contributed by atoms with Crippen molar-refractivity contribution in [3.05, 3.63) is 101 Å². The minimum Gasteiger partial charge on any atom is -0.382 e. The van der Waals surface area contributed by atoms with Crippen LogP contribution in [-0.4, -0.2) is 62.7 Å². The van der Waals surface area contributed by atoms with Gasteiger partial charge < -0.3 is 24.5 Å². The van der Waals surface area contributed by atoms with Gasteiger partial charge in [-0.25, -0.2) is 4.39 Å². The van der Waals surface area contributed by atoms with Gasteiger partial charge in [-0.2, -0.15) is 0 Å². The van der Waals surface area contributed by atoms with Crippen molar-refractivity contribution in [2.24, 2.45) is 11.8 Å². The number of rotatable bonds is 10. The van der Waals surface area contributed by atoms with Gasteiger partial charge in [0.05, 0.1) is 24.5 Å². The molecule has 3 fully saturated rings. The van der Waals surface area contributed by atoms with E-state index in [1.54, 1.807) is 25.6 Å². The van der Waals surface area contributed by atoms with Gasteiger partial charge in [0, 0.05) is 61.2 Å². The fourth-order valence-corrected chi connectivity index (χ4v) is 8.38. The summed E-state index contributed by atoms with van der Waals surface area (Å²) in [5, 5.41) is 19.3. The molecule has 264 valence electrons. The van der Waals surface area contributed by atoms with Gasteiger partial charge in [0.2, 0.25) is 11.8 Å². The molecule has 4 aromatic rings. The van der Waals surface area contributed by atoms with Gasteiger partial charge in [0.1, 0.15) is 17.5 Å². The highest BCUT2D eigenvalue weighted by Crippen LogP contribution is 2.59. The molecule has 3 aromatic carbocycles. The smallest absolute Gasteiger partial charge is 0.264 e. The summed E-state index contributed by atoms with van der Waals surface area (Å²) in [6.07, 6.45) is 1.43. The highest BCUT2D eigenvalue weighted by Gasteiger charge is 2.66. The molecule has 0 radical (unpaired) electrons. The van der Waals surface area contributed by atoms with Gasteiger partial charge >= 0.3 is 0 Å². The van der Waals surface area contributed by atoms with E-state index in [1.807, 2.05) is 79.7 Å². The van der Waals surface area contributed by atoms with E-state index in [1.165, 1.54) is 13.8 Å². The molecule has 5 atom stereocenters. The Morgan fingerprint density at radius 3 is 2.25 bits per heavy atom. The van der Waals surface area contributed by atoms with Gasteiger partial charge in [-0.05, 0) is 61.7 Å². The van der Waals surface area contributed by atoms with Crippen LogP contribution in [0.5, 0.6) is 0 Å². The van der Waals surface area contributed by atoms with Gasteiger partial charge in [0.25, 0.3) is 5.91 Å². The van der Waals surface area contributed by atoms with Crippen molar-refractivity contribution in [2.45, 2.75) is 76.6 Å². The lowest BCUT2D eigenvalue weighted by molar-refractivity contribution is -0.146. The number of benzene rings is 3. The molecule has 3 saturated heterocycles. The van der Waals surface area contributed by atoms with Crippen molar-refractivity contribution in [3.63, 3.8) is 0 Å². The molecule has 1 aromatic heterocycles. The molecular formula is C39H41FN6O5. The van der Waals surface area contributed by atoms with E-state index >= 15 is 4.39 Å². The fraction of sp³-hybridized carbons (Fsp3) is 0.410. The average molecular weight is 693 g/mol. The predicted octanol–water partition coefficient (Wildman–Crippen LogP) is 5.06. The van der Waals surface area contributed by atoms with Crippen molar-refractivity contribution < 1.29 is 28.6 Å². The molecule has 3 amide bonds. The molecule has 1 spiro atoms. The minimum absolute atomic E-state index is 0.0107. The Labute approximate surface area is 295 Å². The van der Waals surface area contributed by atoms with Crippen molar-refractivity contribution in [3.8, 4) is 0 Å². The topological polar surface area (TPSA) is 121 Å². The number of amides is 3. The normalized spacial score (nSPS) is 25.0. The maximum Gasteiger partial charge on any atom is 0.264 e. The number of halogens is 1. The molecule has 1 N–H and O–H groups in total. The maximum absolute atomic E-state index is 16.3. The molecule has 0 unspecified atom stereocenters. The summed E-state index contributed by atoms with van der Waals surface area (Å²) < 4.78 is 24.9. The minimum atomic E-state index is -1.70. The summed E-state index contributed by atoms with van der Waals surface area (Å²) in [5.41, 5.74) is 1.58. The number of β-lactam (4-membered cyclic amide) rings is 2. The number of aryl methyl sites for hydroxylation is 1. The number of fused-ring (bicyclic) bond motifs is 2. The summed E-state index contributed by atoms with van der Waals surface area (Å²) in [7, 11) is 0. The third-order valence-electron chi connectivity index (χ3n) is 11.1. The first-order valence-corrected chi connectivity index (χ1v) is 17.6. The van der Waals surface area contributed by atoms with Crippen LogP contribution in [0.4, 0.5) is 21.5 Å². The first kappa shape index (κ1) is 33.2. The van der Waals surface area contributed by atoms with E-state index in [0.29, 0.717) is 67.1 Å². The standard InChI is InChI=1S/C39H41FN6O5/c1-24-35(38(2,3)40)32(15-18-43-23-30(41-42-43)36(49)26-7-5-4-6-8-26)51-39(24)29-21-28(45-20-17-34(45)48)13-14-31(29)46(37(39)50)22-25-9-11-27(12-10-25)44-19-16-33(44)47/h4-14,21,23-24,32,35-36,49H,15-20,22H2,1-3H3/t24-,32+,35-,36+,39+/m0/s1. The third-order valence-corrected chi connectivity index (χ3v) is 11.1. The summed E-state index contributed by atoms with van der Waals surface area (Å²) in [6, 6.07) is 22.4. The number of nitrogens with zero attached hydrogens (tertiary/aromatic N) is 6. The van der Waals surface area contributed by atoms with E-state index in [9.17, 15) is 19.5 Å². The first-order valence-electron chi connectivity index (χ1n) is 17.6. The number of anilines is 3. The molecule has 0 bridgehead atoms. The second kappa shape index (κ2) is 12.4. The molecule has 0 aliphatic carbocycles. The number of alkyl halides is 1. The Kier molecular flexibility index (Phi) is 8.06. The second-order valence-corrected chi connectivity index (χ2v) is 14.6. The van der Waals surface area contributed by atoms with Crippen molar-refractivity contribution in [2.75, 3.05) is 27.8 Å². The van der Waals surface area contributed by atoms with Gasteiger partial charge in [0.15, 0.2) is 5.60 Å². The molecule has 11 nitrogen and oxygen atoms in total. The summed E-state index contributed by atoms with van der Waals surface area (Å²) in [4.78, 5) is 44.5. The number of hydrogen-bond acceptors (Lipinski definition) is 7. The molecule has 4 aliphatic heterocycles. The Hall–Kier alpha value is -4.94. The van der Waals surface area contributed by atoms with Crippen LogP contribution in [0.25, 0.3) is 0 Å². The molecule has 5 heterocycles. The van der Waals surface area contributed by atoms with Crippen LogP contribution >= 0.6 is 0 Å². The number of carbonyl (C=O) groups excluding carboxylic acids is 3. The SMILES string of the molecule is C[C@H]1[C@H](C(C)(C)F)[C@@H](CCn2cc([C@H](O)c3ccccc3)nn2)O[C@]12C(=O)N(Cc1ccc(N3CCC3=O)cc1)c1ccc(N3CCC3=O)cc12. The Bertz CT molecular complexity index is 1990. The highest BCUT2D eigenvalue weighted by atomic mass is 19.1. The van der Waals surface area contributed by atoms with Crippen LogP contribution in [0.3, 0.4) is 0 Å². The number of aliphatic hydroxyl groups excluding tert-OH is 1. The predicted molar refractivity (Wildman–Crippen MR) is 188 cm³/mol. The number of hydrogen-bond donors (Lipinski definition) is 1. The van der Waals surface area contributed by atoms with Crippen LogP contribution in [0.1, 0.15) is 68.5 Å². The quantitative estimate of drug-likeness (QED) is 0.231. The van der Waals surface area contributed by atoms with Crippen LogP contribution in [0, 0.1) is 11.8 Å². The Morgan fingerprint density at radius 1 is 0.961 bits per heavy atom. The van der Waals surface area contributed by atoms with E-state index in [2.05, 4.69) is 10.3 Å². The second-order valence-electron chi connectivity index (χ2n) is 14.6. The van der Waals surface area contributed by atoms with Crippen molar-refractivity contribution in [1.29, 1.82) is 0 Å². The van der Waals surface area contributed by atoms with E-state index in [-0.39, 0.29) is 24.3 Å². The van der Waals surface area contributed by atoms with Gasteiger partial charge in [-0.1, -0.05) is 54.6 Å². The van der Waals surface area contributed by atoms with Crippen molar-refractivity contribution in [1.82, 2.24) is 15.0 Å². The highest BCUT2D eigenvalue weighted by molar-refractivity contribution is 6.09. The number of ether oxygens (including phenoxy) is 1. The lowest BCUT2D eigenvalue weighted by atomic mass is 9.71. The number of aliphatic hydroxyl groups is 1.